The summed E-state index contributed by atoms with van der Waals surface area (Å²) in [7, 11) is 0. The van der Waals surface area contributed by atoms with Crippen LogP contribution in [0.1, 0.15) is 96.3 Å². The molecule has 0 saturated heterocycles. The summed E-state index contributed by atoms with van der Waals surface area (Å²) >= 11 is 0. The van der Waals surface area contributed by atoms with Crippen LogP contribution in [0.3, 0.4) is 0 Å². The molecule has 0 amide bonds. The fraction of sp³-hybridized carbons (Fsp3) is 0.913. The summed E-state index contributed by atoms with van der Waals surface area (Å²) in [6.45, 7) is 4.92. The molecule has 0 radical (unpaired) electrons. The van der Waals surface area contributed by atoms with Crippen LogP contribution in [0.4, 0.5) is 0 Å². The van der Waals surface area contributed by atoms with E-state index < -0.39 is 0 Å². The van der Waals surface area contributed by atoms with Crippen LogP contribution >= 0.6 is 0 Å². The third-order valence-electron chi connectivity index (χ3n) is 5.66. The smallest absolute Gasteiger partial charge is 0.188 e. The molecule has 0 aromatic carbocycles. The zero-order chi connectivity index (χ0) is 21.7. The lowest BCUT2D eigenvalue weighted by Gasteiger charge is -2.06. The van der Waals surface area contributed by atoms with Crippen LogP contribution in [-0.2, 0) is 0 Å². The third-order valence-corrected chi connectivity index (χ3v) is 5.66. The number of rotatable bonds is 21. The highest BCUT2D eigenvalue weighted by atomic mass is 15.1. The minimum atomic E-state index is 0.209. The second kappa shape index (κ2) is 19.5. The lowest BCUT2D eigenvalue weighted by atomic mass is 10.1. The molecule has 1 rings (SSSR count). The van der Waals surface area contributed by atoms with Gasteiger partial charge in [0.05, 0.1) is 0 Å². The summed E-state index contributed by atoms with van der Waals surface area (Å²) in [6, 6.07) is 0. The van der Waals surface area contributed by atoms with E-state index >= 15 is 0 Å². The quantitative estimate of drug-likeness (QED) is 0.110. The number of guanidine groups is 2. The maximum atomic E-state index is 5.88. The van der Waals surface area contributed by atoms with Crippen molar-refractivity contribution in [1.82, 2.24) is 10.6 Å². The summed E-state index contributed by atoms with van der Waals surface area (Å²) in [5.41, 5.74) is 16.5. The Morgan fingerprint density at radius 3 is 1.67 bits per heavy atom. The average molecular weight is 424 g/mol. The van der Waals surface area contributed by atoms with Gasteiger partial charge in [0, 0.05) is 19.6 Å². The van der Waals surface area contributed by atoms with Crippen molar-refractivity contribution in [3.05, 3.63) is 0 Å². The van der Waals surface area contributed by atoms with E-state index in [0.717, 1.165) is 51.5 Å². The van der Waals surface area contributed by atoms with Crippen LogP contribution < -0.4 is 27.8 Å². The maximum absolute atomic E-state index is 5.88. The molecule has 8 N–H and O–H groups in total. The molecule has 0 unspecified atom stereocenters. The Bertz CT molecular complexity index is 443. The second-order valence-electron chi connectivity index (χ2n) is 8.73. The molecule has 7 heteroatoms. The number of nitrogens with one attached hydrogen (secondary N) is 2. The highest BCUT2D eigenvalue weighted by Gasteiger charge is 2.20. The molecule has 1 aliphatic rings. The Labute approximate surface area is 185 Å². The predicted molar refractivity (Wildman–Crippen MR) is 131 cm³/mol. The van der Waals surface area contributed by atoms with Gasteiger partial charge in [0.2, 0.25) is 0 Å². The highest BCUT2D eigenvalue weighted by Crippen LogP contribution is 2.31. The van der Waals surface area contributed by atoms with Crippen molar-refractivity contribution in [3.8, 4) is 0 Å². The molecule has 0 aromatic rings. The summed E-state index contributed by atoms with van der Waals surface area (Å²) in [4.78, 5) is 8.42. The largest absolute Gasteiger partial charge is 0.370 e. The second-order valence-corrected chi connectivity index (χ2v) is 8.73. The zero-order valence-electron chi connectivity index (χ0n) is 19.3. The van der Waals surface area contributed by atoms with E-state index in [-0.39, 0.29) is 5.96 Å². The average Bonchev–Trinajstić information content (AvgIpc) is 3.54. The van der Waals surface area contributed by atoms with E-state index in [1.54, 1.807) is 0 Å². The van der Waals surface area contributed by atoms with Gasteiger partial charge in [-0.3, -0.25) is 9.98 Å². The molecular weight excluding hydrogens is 374 g/mol. The molecule has 1 aliphatic carbocycles. The van der Waals surface area contributed by atoms with Crippen molar-refractivity contribution in [3.63, 3.8) is 0 Å². The predicted octanol–water partition coefficient (Wildman–Crippen LogP) is 3.24. The van der Waals surface area contributed by atoms with Crippen LogP contribution in [0, 0.1) is 5.92 Å². The minimum Gasteiger partial charge on any atom is -0.370 e. The van der Waals surface area contributed by atoms with Crippen molar-refractivity contribution >= 4 is 11.9 Å². The Kier molecular flexibility index (Phi) is 17.2. The molecule has 7 nitrogen and oxygen atoms in total. The van der Waals surface area contributed by atoms with Gasteiger partial charge in [-0.1, -0.05) is 64.2 Å². The van der Waals surface area contributed by atoms with Gasteiger partial charge in [-0.05, 0) is 51.1 Å². The summed E-state index contributed by atoms with van der Waals surface area (Å²) in [5.74, 6) is 1.78. The molecule has 30 heavy (non-hydrogen) atoms. The number of hydrogen-bond acceptors (Lipinski definition) is 3. The fourth-order valence-electron chi connectivity index (χ4n) is 3.54. The van der Waals surface area contributed by atoms with Gasteiger partial charge < -0.3 is 27.8 Å². The monoisotopic (exact) mass is 423 g/mol. The van der Waals surface area contributed by atoms with Gasteiger partial charge in [0.15, 0.2) is 11.9 Å². The lowest BCUT2D eigenvalue weighted by molar-refractivity contribution is 0.540. The SMILES string of the molecule is NC(N)=NCCCCCCCCCNCCCCCCCN=C(N)NCCC1CC1. The highest BCUT2D eigenvalue weighted by molar-refractivity contribution is 5.77. The normalized spacial score (nSPS) is 14.1. The first-order chi connectivity index (χ1) is 14.7. The van der Waals surface area contributed by atoms with Crippen molar-refractivity contribution < 1.29 is 0 Å². The first kappa shape index (κ1) is 26.5. The Morgan fingerprint density at radius 2 is 1.13 bits per heavy atom. The first-order valence-electron chi connectivity index (χ1n) is 12.5. The minimum absolute atomic E-state index is 0.209. The summed E-state index contributed by atoms with van der Waals surface area (Å²) in [5, 5.41) is 6.80. The third kappa shape index (κ3) is 19.8. The number of aliphatic imine (C=N–C) groups is 2. The van der Waals surface area contributed by atoms with Crippen LogP contribution in [0.5, 0.6) is 0 Å². The van der Waals surface area contributed by atoms with Crippen LogP contribution in [0.15, 0.2) is 9.98 Å². The van der Waals surface area contributed by atoms with E-state index in [9.17, 15) is 0 Å². The maximum Gasteiger partial charge on any atom is 0.188 e. The number of unbranched alkanes of at least 4 members (excludes halogenated alkanes) is 10. The van der Waals surface area contributed by atoms with Crippen molar-refractivity contribution in [2.75, 3.05) is 32.7 Å². The molecule has 1 fully saturated rings. The number of nitrogens with zero attached hydrogens (tertiary/aromatic N) is 2. The fourth-order valence-corrected chi connectivity index (χ4v) is 3.54. The van der Waals surface area contributed by atoms with Gasteiger partial charge in [0.1, 0.15) is 0 Å². The number of nitrogens with two attached hydrogens (primary N) is 3. The van der Waals surface area contributed by atoms with Gasteiger partial charge in [-0.15, -0.1) is 0 Å². The van der Waals surface area contributed by atoms with Crippen LogP contribution in [0.25, 0.3) is 0 Å². The van der Waals surface area contributed by atoms with Crippen molar-refractivity contribution in [2.45, 2.75) is 96.3 Å². The lowest BCUT2D eigenvalue weighted by Crippen LogP contribution is -2.32. The molecule has 0 bridgehead atoms. The van der Waals surface area contributed by atoms with Crippen molar-refractivity contribution in [1.29, 1.82) is 0 Å². The molecule has 0 aliphatic heterocycles. The Hall–Kier alpha value is -1.50. The molecule has 0 heterocycles. The summed E-state index contributed by atoms with van der Waals surface area (Å²) in [6.07, 6.45) is 19.3. The van der Waals surface area contributed by atoms with Crippen molar-refractivity contribution in [2.24, 2.45) is 33.1 Å². The zero-order valence-corrected chi connectivity index (χ0v) is 19.3. The molecular formula is C23H49N7. The first-order valence-corrected chi connectivity index (χ1v) is 12.5. The van der Waals surface area contributed by atoms with E-state index in [1.165, 1.54) is 83.5 Å². The van der Waals surface area contributed by atoms with Gasteiger partial charge >= 0.3 is 0 Å². The van der Waals surface area contributed by atoms with E-state index in [4.69, 9.17) is 17.2 Å². The van der Waals surface area contributed by atoms with E-state index in [0.29, 0.717) is 5.96 Å². The Morgan fingerprint density at radius 1 is 0.633 bits per heavy atom. The van der Waals surface area contributed by atoms with Gasteiger partial charge in [-0.25, -0.2) is 0 Å². The van der Waals surface area contributed by atoms with Gasteiger partial charge in [-0.2, -0.15) is 0 Å². The summed E-state index contributed by atoms with van der Waals surface area (Å²) < 4.78 is 0. The molecule has 0 spiro atoms. The number of hydrogen-bond donors (Lipinski definition) is 5. The van der Waals surface area contributed by atoms with E-state index in [1.807, 2.05) is 0 Å². The molecule has 0 atom stereocenters. The molecule has 0 aromatic heterocycles. The Balaban J connectivity index is 1.69. The molecule has 176 valence electrons. The van der Waals surface area contributed by atoms with Gasteiger partial charge in [0.25, 0.3) is 0 Å². The van der Waals surface area contributed by atoms with Crippen LogP contribution in [-0.4, -0.2) is 44.6 Å². The topological polar surface area (TPSA) is 127 Å². The van der Waals surface area contributed by atoms with E-state index in [2.05, 4.69) is 20.6 Å². The molecule has 1 saturated carbocycles. The standard InChI is InChI=1S/C23H49N7/c24-22(25)28-18-11-7-3-1-2-5-9-16-27-17-10-6-4-8-12-19-29-23(26)30-20-15-21-13-14-21/h21,27H,1-20H2,(H4,24,25,28)(H3,26,29,30). The van der Waals surface area contributed by atoms with Crippen LogP contribution in [0.2, 0.25) is 0 Å².